The van der Waals surface area contributed by atoms with Crippen molar-refractivity contribution in [1.82, 2.24) is 0 Å². The molecule has 290 valence electrons. The quantitative estimate of drug-likeness (QED) is 0.0440. The van der Waals surface area contributed by atoms with E-state index < -0.39 is 0 Å². The zero-order chi connectivity index (χ0) is 38.5. The summed E-state index contributed by atoms with van der Waals surface area (Å²) < 4.78 is 62.8. The predicted octanol–water partition coefficient (Wildman–Crippen LogP) is 7.80. The second kappa shape index (κ2) is 28.3. The number of hydrogen-bond acceptors (Lipinski definition) is 11. The zero-order valence-electron chi connectivity index (χ0n) is 30.1. The topological polar surface area (TPSA) is 146 Å². The Balaban J connectivity index is 0.00000151. The van der Waals surface area contributed by atoms with Gasteiger partial charge in [-0.25, -0.2) is 9.38 Å². The minimum Gasteiger partial charge on any atom is -0.488 e. The molecule has 0 unspecified atom stereocenters. The van der Waals surface area contributed by atoms with Crippen LogP contribution in [0.1, 0.15) is 25.5 Å². The Morgan fingerprint density at radius 3 is 2.13 bits per heavy atom. The van der Waals surface area contributed by atoms with Gasteiger partial charge in [0.2, 0.25) is 0 Å². The van der Waals surface area contributed by atoms with Crippen LogP contribution < -0.4 is 10.5 Å². The number of aliphatic imine (C=N–C) groups is 2. The van der Waals surface area contributed by atoms with Crippen LogP contribution in [0.5, 0.6) is 5.75 Å². The number of nitrogens with zero attached hydrogens (tertiary/aromatic N) is 2. The van der Waals surface area contributed by atoms with Crippen LogP contribution in [-0.2, 0) is 40.0 Å². The molecule has 4 rings (SSSR count). The van der Waals surface area contributed by atoms with Gasteiger partial charge in [0.1, 0.15) is 42.6 Å². The number of hydrogen-bond donors (Lipinski definition) is 1. The van der Waals surface area contributed by atoms with Gasteiger partial charge in [0.05, 0.1) is 63.6 Å². The summed E-state index contributed by atoms with van der Waals surface area (Å²) in [6.45, 7) is 10.5. The van der Waals surface area contributed by atoms with E-state index in [0.29, 0.717) is 100 Å². The minimum absolute atomic E-state index is 0.232. The van der Waals surface area contributed by atoms with Gasteiger partial charge < -0.3 is 38.6 Å². The molecular formula is C38H48ClF2N3O9. The molecule has 0 spiro atoms. The molecule has 1 heterocycles. The van der Waals surface area contributed by atoms with Crippen molar-refractivity contribution in [2.24, 2.45) is 15.7 Å². The normalized spacial score (nSPS) is 12.2. The molecule has 0 bridgehead atoms. The molecule has 1 aliphatic carbocycles. The van der Waals surface area contributed by atoms with Gasteiger partial charge in [-0.3, -0.25) is 14.7 Å². The number of ether oxygens (including phenoxy) is 6. The lowest BCUT2D eigenvalue weighted by Crippen LogP contribution is -2.13. The Morgan fingerprint density at radius 1 is 0.887 bits per heavy atom. The fourth-order valence-electron chi connectivity index (χ4n) is 4.63. The zero-order valence-corrected chi connectivity index (χ0v) is 30.9. The minimum atomic E-state index is -0.292. The lowest BCUT2D eigenvalue weighted by molar-refractivity contribution is -0.165. The summed E-state index contributed by atoms with van der Waals surface area (Å²) in [5.41, 5.74) is 8.58. The summed E-state index contributed by atoms with van der Waals surface area (Å²) in [4.78, 5) is 19.1. The highest BCUT2D eigenvalue weighted by molar-refractivity contribution is 6.32. The van der Waals surface area contributed by atoms with Gasteiger partial charge in [0.25, 0.3) is 0 Å². The molecule has 1 aliphatic rings. The van der Waals surface area contributed by atoms with Crippen LogP contribution in [0.15, 0.2) is 86.5 Å². The summed E-state index contributed by atoms with van der Waals surface area (Å²) in [6.07, 6.45) is 5.90. The first-order valence-electron chi connectivity index (χ1n) is 16.9. The molecular weight excluding hydrogens is 716 g/mol. The van der Waals surface area contributed by atoms with Crippen molar-refractivity contribution in [2.75, 3.05) is 73.1 Å². The standard InChI is InChI=1S/C36H42ClFN2O7.CHFO2.CH5N/c1-3-41-13-14-42-15-16-43-17-18-44-19-20-45-25-31-9-12-35(47-31)29-7-10-34(40-26-39-2)32(22-29)28-8-11-36(33(37)23-28)46-24-27-5-4-6-30(38)21-27;2-4-1-3;1-2/h6-12,21-23,26H,2-5,13-20,24-25H2,1H3;1H;2H2,1H3. The van der Waals surface area contributed by atoms with Crippen LogP contribution >= 0.6 is 11.6 Å². The second-order valence-corrected chi connectivity index (χ2v) is 11.0. The highest BCUT2D eigenvalue weighted by Gasteiger charge is 2.14. The maximum absolute atomic E-state index is 13.6. The summed E-state index contributed by atoms with van der Waals surface area (Å²) in [5.74, 6) is 1.67. The Kier molecular flexibility index (Phi) is 23.9. The molecule has 0 fully saturated rings. The SMILES string of the molecule is C=NC=Nc1ccc(-c2ccc(COCCOCCOCCOCCOCC)o2)cc1-c1ccc(OCC2=CC(F)=CCC2)c(Cl)c1.CN.O=COF. The van der Waals surface area contributed by atoms with Crippen molar-refractivity contribution in [3.8, 4) is 28.2 Å². The van der Waals surface area contributed by atoms with E-state index in [1.54, 1.807) is 12.1 Å². The van der Waals surface area contributed by atoms with Gasteiger partial charge in [-0.1, -0.05) is 17.7 Å². The molecule has 0 radical (unpaired) electrons. The first-order valence-corrected chi connectivity index (χ1v) is 17.2. The molecule has 0 saturated carbocycles. The Labute approximate surface area is 314 Å². The highest BCUT2D eigenvalue weighted by atomic mass is 35.5. The molecule has 1 aromatic heterocycles. The Hall–Kier alpha value is -4.28. The van der Waals surface area contributed by atoms with Gasteiger partial charge in [-0.15, -0.1) is 0 Å². The average Bonchev–Trinajstić information content (AvgIpc) is 3.66. The predicted molar refractivity (Wildman–Crippen MR) is 201 cm³/mol. The lowest BCUT2D eigenvalue weighted by Gasteiger charge is -2.14. The Morgan fingerprint density at radius 2 is 1.53 bits per heavy atom. The summed E-state index contributed by atoms with van der Waals surface area (Å²) in [5, 5.41) is 0.435. The highest BCUT2D eigenvalue weighted by Crippen LogP contribution is 2.38. The van der Waals surface area contributed by atoms with E-state index >= 15 is 0 Å². The van der Waals surface area contributed by atoms with E-state index in [0.717, 1.165) is 28.7 Å². The van der Waals surface area contributed by atoms with E-state index in [9.17, 15) is 8.92 Å². The fourth-order valence-corrected chi connectivity index (χ4v) is 4.87. The van der Waals surface area contributed by atoms with E-state index in [4.69, 9.17) is 49.2 Å². The van der Waals surface area contributed by atoms with Crippen LogP contribution in [-0.4, -0.2) is 92.6 Å². The molecule has 0 aliphatic heterocycles. The van der Waals surface area contributed by atoms with E-state index in [1.165, 1.54) is 19.5 Å². The van der Waals surface area contributed by atoms with Crippen molar-refractivity contribution < 1.29 is 51.5 Å². The van der Waals surface area contributed by atoms with Crippen LogP contribution in [0, 0.1) is 0 Å². The molecule has 3 aromatic rings. The number of rotatable bonds is 23. The van der Waals surface area contributed by atoms with Crippen LogP contribution in [0.2, 0.25) is 5.02 Å². The van der Waals surface area contributed by atoms with E-state index in [2.05, 4.69) is 27.4 Å². The van der Waals surface area contributed by atoms with Crippen molar-refractivity contribution in [2.45, 2.75) is 26.4 Å². The lowest BCUT2D eigenvalue weighted by atomic mass is 10.00. The number of nitrogens with two attached hydrogens (primary N) is 1. The van der Waals surface area contributed by atoms with E-state index in [1.807, 2.05) is 49.4 Å². The maximum atomic E-state index is 13.6. The molecule has 0 atom stereocenters. The second-order valence-electron chi connectivity index (χ2n) is 10.6. The number of furan rings is 1. The molecule has 0 saturated heterocycles. The van der Waals surface area contributed by atoms with Crippen molar-refractivity contribution in [1.29, 1.82) is 0 Å². The molecule has 2 N–H and O–H groups in total. The fraction of sp³-hybridized carbons (Fsp3) is 0.395. The van der Waals surface area contributed by atoms with Crippen molar-refractivity contribution >= 4 is 36.8 Å². The number of carbonyl (C=O) groups is 1. The first-order chi connectivity index (χ1) is 26.0. The number of carbonyl (C=O) groups excluding carboxylic acids is 1. The third-order valence-electron chi connectivity index (χ3n) is 7.00. The smallest absolute Gasteiger partial charge is 0.337 e. The van der Waals surface area contributed by atoms with Gasteiger partial charge >= 0.3 is 6.47 Å². The molecule has 12 nitrogen and oxygen atoms in total. The average molecular weight is 764 g/mol. The Bertz CT molecular complexity index is 1580. The van der Waals surface area contributed by atoms with Gasteiger partial charge in [-0.2, -0.15) is 0 Å². The van der Waals surface area contributed by atoms with Gasteiger partial charge in [-0.05, 0) is 99.3 Å². The molecule has 0 amide bonds. The monoisotopic (exact) mass is 763 g/mol. The molecule has 53 heavy (non-hydrogen) atoms. The van der Waals surface area contributed by atoms with Crippen LogP contribution in [0.4, 0.5) is 14.6 Å². The number of halogens is 3. The van der Waals surface area contributed by atoms with Crippen LogP contribution in [0.25, 0.3) is 22.5 Å². The summed E-state index contributed by atoms with van der Waals surface area (Å²) >= 11 is 6.62. The van der Waals surface area contributed by atoms with Crippen molar-refractivity contribution in [3.63, 3.8) is 0 Å². The third kappa shape index (κ3) is 17.9. The van der Waals surface area contributed by atoms with Gasteiger partial charge in [0, 0.05) is 22.3 Å². The third-order valence-corrected chi connectivity index (χ3v) is 7.29. The first kappa shape index (κ1) is 44.9. The van der Waals surface area contributed by atoms with E-state index in [-0.39, 0.29) is 18.9 Å². The largest absolute Gasteiger partial charge is 0.488 e. The maximum Gasteiger partial charge on any atom is 0.337 e. The number of allylic oxidation sites excluding steroid dienone is 3. The summed E-state index contributed by atoms with van der Waals surface area (Å²) in [7, 11) is 1.50. The molecule has 15 heteroatoms. The van der Waals surface area contributed by atoms with Crippen molar-refractivity contribution in [3.05, 3.63) is 82.9 Å². The summed E-state index contributed by atoms with van der Waals surface area (Å²) in [6, 6.07) is 15.1. The van der Waals surface area contributed by atoms with Crippen LogP contribution in [0.3, 0.4) is 0 Å². The number of benzene rings is 2. The molecule has 2 aromatic carbocycles. The van der Waals surface area contributed by atoms with Gasteiger partial charge in [0.15, 0.2) is 0 Å².